The van der Waals surface area contributed by atoms with Crippen LogP contribution < -0.4 is 5.32 Å². The molecular formula is C12H14ClN3. The first kappa shape index (κ1) is 11.0. The second kappa shape index (κ2) is 5.03. The molecule has 2 rings (SSSR count). The van der Waals surface area contributed by atoms with Crippen LogP contribution in [0.4, 0.5) is 5.69 Å². The summed E-state index contributed by atoms with van der Waals surface area (Å²) < 4.78 is 1.89. The Bertz CT molecular complexity index is 431. The van der Waals surface area contributed by atoms with Crippen molar-refractivity contribution in [3.05, 3.63) is 47.2 Å². The molecule has 4 heteroatoms. The van der Waals surface area contributed by atoms with Crippen LogP contribution in [0.25, 0.3) is 0 Å². The summed E-state index contributed by atoms with van der Waals surface area (Å²) in [6, 6.07) is 7.81. The van der Waals surface area contributed by atoms with Crippen LogP contribution in [0.15, 0.2) is 36.7 Å². The molecule has 1 heterocycles. The Morgan fingerprint density at radius 3 is 2.94 bits per heavy atom. The fraction of sp³-hybridized carbons (Fsp3) is 0.250. The van der Waals surface area contributed by atoms with E-state index in [9.17, 15) is 0 Å². The number of hydrogen-bond acceptors (Lipinski definition) is 2. The molecule has 3 nitrogen and oxygen atoms in total. The lowest BCUT2D eigenvalue weighted by Crippen LogP contribution is -2.11. The molecule has 0 spiro atoms. The van der Waals surface area contributed by atoms with Gasteiger partial charge in [-0.15, -0.1) is 0 Å². The zero-order valence-corrected chi connectivity index (χ0v) is 9.91. The highest BCUT2D eigenvalue weighted by Gasteiger charge is 2.02. The maximum Gasteiger partial charge on any atom is 0.0640 e. The van der Waals surface area contributed by atoms with E-state index in [1.807, 2.05) is 42.1 Å². The van der Waals surface area contributed by atoms with Crippen LogP contribution in [-0.2, 0) is 6.54 Å². The first-order chi connectivity index (χ1) is 7.77. The van der Waals surface area contributed by atoms with Crippen molar-refractivity contribution in [3.8, 4) is 0 Å². The van der Waals surface area contributed by atoms with Gasteiger partial charge in [-0.2, -0.15) is 5.10 Å². The molecule has 2 aromatic rings. The lowest BCUT2D eigenvalue weighted by atomic mass is 10.2. The third-order valence-electron chi connectivity index (χ3n) is 2.42. The van der Waals surface area contributed by atoms with Gasteiger partial charge in [-0.25, -0.2) is 0 Å². The third-order valence-corrected chi connectivity index (χ3v) is 2.74. The molecule has 0 saturated heterocycles. The lowest BCUT2D eigenvalue weighted by molar-refractivity contribution is 0.638. The van der Waals surface area contributed by atoms with Gasteiger partial charge >= 0.3 is 0 Å². The maximum atomic E-state index is 6.11. The second-order valence-corrected chi connectivity index (χ2v) is 4.03. The number of benzene rings is 1. The largest absolute Gasteiger partial charge is 0.382 e. The van der Waals surface area contributed by atoms with E-state index in [4.69, 9.17) is 11.6 Å². The minimum absolute atomic E-state index is 0.764. The van der Waals surface area contributed by atoms with Crippen LogP contribution in [0.5, 0.6) is 0 Å². The van der Waals surface area contributed by atoms with Crippen LogP contribution in [-0.4, -0.2) is 16.3 Å². The minimum Gasteiger partial charge on any atom is -0.382 e. The SMILES string of the molecule is Cc1cccc(Cl)c1NCCn1cccn1. The molecular weight excluding hydrogens is 222 g/mol. The number of para-hydroxylation sites is 1. The van der Waals surface area contributed by atoms with Crippen LogP contribution in [0.2, 0.25) is 5.02 Å². The summed E-state index contributed by atoms with van der Waals surface area (Å²) in [5.74, 6) is 0. The molecule has 0 aliphatic carbocycles. The van der Waals surface area contributed by atoms with Crippen LogP contribution in [0.3, 0.4) is 0 Å². The van der Waals surface area contributed by atoms with Crippen LogP contribution in [0, 0.1) is 6.92 Å². The van der Waals surface area contributed by atoms with Crippen molar-refractivity contribution in [2.75, 3.05) is 11.9 Å². The Kier molecular flexibility index (Phi) is 3.47. The van der Waals surface area contributed by atoms with E-state index < -0.39 is 0 Å². The summed E-state index contributed by atoms with van der Waals surface area (Å²) in [6.45, 7) is 3.69. The van der Waals surface area contributed by atoms with Gasteiger partial charge in [-0.05, 0) is 24.6 Å². The number of halogens is 1. The highest BCUT2D eigenvalue weighted by molar-refractivity contribution is 6.33. The van der Waals surface area contributed by atoms with Gasteiger partial charge in [0, 0.05) is 18.9 Å². The van der Waals surface area contributed by atoms with Gasteiger partial charge in [-0.3, -0.25) is 4.68 Å². The smallest absolute Gasteiger partial charge is 0.0640 e. The molecule has 0 fully saturated rings. The molecule has 1 aromatic carbocycles. The number of rotatable bonds is 4. The second-order valence-electron chi connectivity index (χ2n) is 3.63. The molecule has 1 N–H and O–H groups in total. The van der Waals surface area contributed by atoms with E-state index in [0.29, 0.717) is 0 Å². The number of aromatic nitrogens is 2. The molecule has 16 heavy (non-hydrogen) atoms. The Morgan fingerprint density at radius 2 is 2.25 bits per heavy atom. The Labute approximate surface area is 100 Å². The van der Waals surface area contributed by atoms with Crippen molar-refractivity contribution >= 4 is 17.3 Å². The lowest BCUT2D eigenvalue weighted by Gasteiger charge is -2.11. The summed E-state index contributed by atoms with van der Waals surface area (Å²) in [4.78, 5) is 0. The minimum atomic E-state index is 0.764. The van der Waals surface area contributed by atoms with Crippen molar-refractivity contribution in [2.45, 2.75) is 13.5 Å². The Morgan fingerprint density at radius 1 is 1.38 bits per heavy atom. The summed E-state index contributed by atoms with van der Waals surface area (Å²) >= 11 is 6.11. The van der Waals surface area contributed by atoms with Gasteiger partial charge in [0.15, 0.2) is 0 Å². The molecule has 0 aliphatic rings. The number of nitrogens with zero attached hydrogens (tertiary/aromatic N) is 2. The Hall–Kier alpha value is -1.48. The third kappa shape index (κ3) is 2.55. The first-order valence-corrected chi connectivity index (χ1v) is 5.61. The summed E-state index contributed by atoms with van der Waals surface area (Å²) in [5, 5.41) is 8.23. The molecule has 0 saturated carbocycles. The quantitative estimate of drug-likeness (QED) is 0.883. The predicted octanol–water partition coefficient (Wildman–Crippen LogP) is 2.96. The van der Waals surface area contributed by atoms with Gasteiger partial charge in [-0.1, -0.05) is 23.7 Å². The molecule has 84 valence electrons. The van der Waals surface area contributed by atoms with E-state index >= 15 is 0 Å². The zero-order chi connectivity index (χ0) is 11.4. The molecule has 0 amide bonds. The van der Waals surface area contributed by atoms with Crippen molar-refractivity contribution in [1.82, 2.24) is 9.78 Å². The van der Waals surface area contributed by atoms with E-state index in [0.717, 1.165) is 29.4 Å². The van der Waals surface area contributed by atoms with E-state index in [-0.39, 0.29) is 0 Å². The summed E-state index contributed by atoms with van der Waals surface area (Å²) in [7, 11) is 0. The monoisotopic (exact) mass is 235 g/mol. The highest BCUT2D eigenvalue weighted by atomic mass is 35.5. The summed E-state index contributed by atoms with van der Waals surface area (Å²) in [5.41, 5.74) is 2.17. The van der Waals surface area contributed by atoms with E-state index in [2.05, 4.69) is 10.4 Å². The summed E-state index contributed by atoms with van der Waals surface area (Å²) in [6.07, 6.45) is 3.72. The van der Waals surface area contributed by atoms with Crippen LogP contribution in [0.1, 0.15) is 5.56 Å². The fourth-order valence-corrected chi connectivity index (χ4v) is 1.87. The fourth-order valence-electron chi connectivity index (χ4n) is 1.58. The predicted molar refractivity (Wildman–Crippen MR) is 66.9 cm³/mol. The number of nitrogens with one attached hydrogen (secondary N) is 1. The first-order valence-electron chi connectivity index (χ1n) is 5.24. The number of aryl methyl sites for hydroxylation is 1. The molecule has 0 radical (unpaired) electrons. The molecule has 0 unspecified atom stereocenters. The molecule has 0 atom stereocenters. The number of hydrogen-bond donors (Lipinski definition) is 1. The van der Waals surface area contributed by atoms with Gasteiger partial charge in [0.2, 0.25) is 0 Å². The van der Waals surface area contributed by atoms with Gasteiger partial charge in [0.25, 0.3) is 0 Å². The Balaban J connectivity index is 1.95. The van der Waals surface area contributed by atoms with Crippen LogP contribution >= 0.6 is 11.6 Å². The average molecular weight is 236 g/mol. The van der Waals surface area contributed by atoms with Crippen molar-refractivity contribution in [3.63, 3.8) is 0 Å². The zero-order valence-electron chi connectivity index (χ0n) is 9.15. The maximum absolute atomic E-state index is 6.11. The average Bonchev–Trinajstić information content (AvgIpc) is 2.75. The van der Waals surface area contributed by atoms with Gasteiger partial charge < -0.3 is 5.32 Å². The van der Waals surface area contributed by atoms with Crippen molar-refractivity contribution < 1.29 is 0 Å². The van der Waals surface area contributed by atoms with Crippen molar-refractivity contribution in [2.24, 2.45) is 0 Å². The topological polar surface area (TPSA) is 29.9 Å². The normalized spacial score (nSPS) is 10.4. The highest BCUT2D eigenvalue weighted by Crippen LogP contribution is 2.24. The van der Waals surface area contributed by atoms with E-state index in [1.165, 1.54) is 0 Å². The van der Waals surface area contributed by atoms with Gasteiger partial charge in [0.05, 0.1) is 17.3 Å². The molecule has 0 bridgehead atoms. The van der Waals surface area contributed by atoms with Gasteiger partial charge in [0.1, 0.15) is 0 Å². The standard InChI is InChI=1S/C12H14ClN3/c1-10-4-2-5-11(13)12(10)14-7-9-16-8-3-6-15-16/h2-6,8,14H,7,9H2,1H3. The number of anilines is 1. The van der Waals surface area contributed by atoms with Crippen molar-refractivity contribution in [1.29, 1.82) is 0 Å². The molecule has 1 aromatic heterocycles. The van der Waals surface area contributed by atoms with E-state index in [1.54, 1.807) is 6.20 Å². The molecule has 0 aliphatic heterocycles.